The normalized spacial score (nSPS) is 10.7. The minimum atomic E-state index is -0.101. The molecule has 0 bridgehead atoms. The third-order valence-electron chi connectivity index (χ3n) is 2.85. The number of anilines is 1. The summed E-state index contributed by atoms with van der Waals surface area (Å²) < 4.78 is 5.34. The van der Waals surface area contributed by atoms with E-state index in [9.17, 15) is 4.79 Å². The van der Waals surface area contributed by atoms with Crippen LogP contribution in [0.3, 0.4) is 0 Å². The molecule has 0 fully saturated rings. The van der Waals surface area contributed by atoms with Crippen molar-refractivity contribution in [2.45, 2.75) is 6.92 Å². The summed E-state index contributed by atoms with van der Waals surface area (Å²) in [6.07, 6.45) is 3.02. The molecule has 2 rings (SSSR count). The molecular weight excluding hydrogens is 321 g/mol. The first kappa shape index (κ1) is 16.4. The van der Waals surface area contributed by atoms with Crippen LogP contribution < -0.4 is 10.1 Å². The van der Waals surface area contributed by atoms with Crippen molar-refractivity contribution >= 4 is 34.7 Å². The quantitative estimate of drug-likeness (QED) is 0.582. The van der Waals surface area contributed by atoms with Gasteiger partial charge in [0.15, 0.2) is 5.78 Å². The Balaban J connectivity index is 1.97. The summed E-state index contributed by atoms with van der Waals surface area (Å²) in [6, 6.07) is 12.2. The van der Waals surface area contributed by atoms with E-state index in [0.29, 0.717) is 22.2 Å². The molecule has 3 nitrogen and oxygen atoms in total. The molecule has 0 aliphatic rings. The van der Waals surface area contributed by atoms with Crippen molar-refractivity contribution in [1.82, 2.24) is 0 Å². The van der Waals surface area contributed by atoms with Gasteiger partial charge in [0.25, 0.3) is 0 Å². The van der Waals surface area contributed by atoms with Gasteiger partial charge in [-0.2, -0.15) is 0 Å². The Kier molecular flexibility index (Phi) is 5.87. The van der Waals surface area contributed by atoms with E-state index in [1.165, 1.54) is 6.08 Å². The summed E-state index contributed by atoms with van der Waals surface area (Å²) in [6.45, 7) is 2.51. The molecule has 1 N–H and O–H groups in total. The van der Waals surface area contributed by atoms with Crippen LogP contribution in [-0.2, 0) is 0 Å². The molecule has 2 aromatic carbocycles. The lowest BCUT2D eigenvalue weighted by molar-refractivity contribution is 0.104. The Bertz CT molecular complexity index is 682. The van der Waals surface area contributed by atoms with Crippen LogP contribution in [0.2, 0.25) is 10.0 Å². The Labute approximate surface area is 139 Å². The second-order valence-corrected chi connectivity index (χ2v) is 5.24. The van der Waals surface area contributed by atoms with Crippen molar-refractivity contribution in [3.05, 3.63) is 70.3 Å². The summed E-state index contributed by atoms with van der Waals surface area (Å²) in [5.74, 6) is 0.646. The largest absolute Gasteiger partial charge is 0.494 e. The summed E-state index contributed by atoms with van der Waals surface area (Å²) in [4.78, 5) is 12.0. The summed E-state index contributed by atoms with van der Waals surface area (Å²) in [7, 11) is 0. The number of allylic oxidation sites excluding steroid dienone is 1. The van der Waals surface area contributed by atoms with Gasteiger partial charge in [0.1, 0.15) is 5.75 Å². The minimum Gasteiger partial charge on any atom is -0.494 e. The molecular formula is C17H15Cl2NO2. The number of halogens is 2. The molecule has 0 amide bonds. The first-order valence-electron chi connectivity index (χ1n) is 6.75. The first-order chi connectivity index (χ1) is 10.6. The highest BCUT2D eigenvalue weighted by atomic mass is 35.5. The Morgan fingerprint density at radius 1 is 1.14 bits per heavy atom. The summed E-state index contributed by atoms with van der Waals surface area (Å²) in [5.41, 5.74) is 1.35. The summed E-state index contributed by atoms with van der Waals surface area (Å²) in [5, 5.41) is 3.92. The van der Waals surface area contributed by atoms with Gasteiger partial charge in [-0.05, 0) is 49.4 Å². The van der Waals surface area contributed by atoms with Gasteiger partial charge in [-0.1, -0.05) is 23.2 Å². The topological polar surface area (TPSA) is 38.3 Å². The van der Waals surface area contributed by atoms with Gasteiger partial charge in [-0.3, -0.25) is 4.79 Å². The van der Waals surface area contributed by atoms with Crippen molar-refractivity contribution in [2.75, 3.05) is 11.9 Å². The minimum absolute atomic E-state index is 0.101. The molecule has 0 aromatic heterocycles. The van der Waals surface area contributed by atoms with E-state index in [0.717, 1.165) is 11.4 Å². The fourth-order valence-corrected chi connectivity index (χ4v) is 2.08. The van der Waals surface area contributed by atoms with Gasteiger partial charge in [0.05, 0.1) is 16.7 Å². The summed E-state index contributed by atoms with van der Waals surface area (Å²) >= 11 is 11.8. The molecule has 0 aliphatic heterocycles. The predicted octanol–water partition coefficient (Wildman–Crippen LogP) is 5.20. The van der Waals surface area contributed by atoms with E-state index < -0.39 is 0 Å². The van der Waals surface area contributed by atoms with E-state index in [-0.39, 0.29) is 5.78 Å². The molecule has 0 atom stereocenters. The van der Waals surface area contributed by atoms with Crippen LogP contribution in [0.1, 0.15) is 17.3 Å². The smallest absolute Gasteiger partial charge is 0.187 e. The van der Waals surface area contributed by atoms with Crippen molar-refractivity contribution in [3.63, 3.8) is 0 Å². The van der Waals surface area contributed by atoms with Crippen LogP contribution in [-0.4, -0.2) is 12.4 Å². The maximum Gasteiger partial charge on any atom is 0.187 e. The molecule has 0 aliphatic carbocycles. The van der Waals surface area contributed by atoms with E-state index >= 15 is 0 Å². The van der Waals surface area contributed by atoms with Crippen molar-refractivity contribution in [3.8, 4) is 5.75 Å². The van der Waals surface area contributed by atoms with E-state index in [1.54, 1.807) is 48.7 Å². The maximum atomic E-state index is 12.0. The number of carbonyl (C=O) groups is 1. The zero-order valence-electron chi connectivity index (χ0n) is 12.0. The molecule has 0 radical (unpaired) electrons. The molecule has 2 aromatic rings. The average Bonchev–Trinajstić information content (AvgIpc) is 2.52. The number of ether oxygens (including phenoxy) is 1. The highest BCUT2D eigenvalue weighted by Crippen LogP contribution is 2.24. The number of ketones is 1. The highest BCUT2D eigenvalue weighted by molar-refractivity contribution is 6.42. The van der Waals surface area contributed by atoms with Gasteiger partial charge < -0.3 is 10.1 Å². The third kappa shape index (κ3) is 4.52. The molecule has 114 valence electrons. The Hall–Kier alpha value is -1.97. The van der Waals surface area contributed by atoms with Crippen molar-refractivity contribution < 1.29 is 9.53 Å². The molecule has 5 heteroatoms. The predicted molar refractivity (Wildman–Crippen MR) is 91.2 cm³/mol. The van der Waals surface area contributed by atoms with Crippen LogP contribution in [0.25, 0.3) is 0 Å². The fourth-order valence-electron chi connectivity index (χ4n) is 1.78. The molecule has 0 saturated carbocycles. The first-order valence-corrected chi connectivity index (χ1v) is 7.51. The lowest BCUT2D eigenvalue weighted by atomic mass is 10.1. The molecule has 22 heavy (non-hydrogen) atoms. The Morgan fingerprint density at radius 2 is 1.86 bits per heavy atom. The molecule has 0 spiro atoms. The van der Waals surface area contributed by atoms with Crippen molar-refractivity contribution in [1.29, 1.82) is 0 Å². The van der Waals surface area contributed by atoms with Crippen LogP contribution in [0.5, 0.6) is 5.75 Å². The van der Waals surface area contributed by atoms with Crippen LogP contribution >= 0.6 is 23.2 Å². The number of hydrogen-bond donors (Lipinski definition) is 1. The number of carbonyl (C=O) groups excluding carboxylic acids is 1. The lowest BCUT2D eigenvalue weighted by Gasteiger charge is -2.03. The van der Waals surface area contributed by atoms with E-state index in [4.69, 9.17) is 27.9 Å². The molecule has 0 heterocycles. The fraction of sp³-hybridized carbons (Fsp3) is 0.118. The zero-order chi connectivity index (χ0) is 15.9. The number of nitrogens with one attached hydrogen (secondary N) is 1. The number of hydrogen-bond acceptors (Lipinski definition) is 3. The number of rotatable bonds is 6. The van der Waals surface area contributed by atoms with Crippen LogP contribution in [0.15, 0.2) is 54.7 Å². The monoisotopic (exact) mass is 335 g/mol. The standard InChI is InChI=1S/C17H15Cl2NO2/c1-2-22-14-6-3-12(4-7-14)17(21)9-10-20-13-5-8-15(18)16(19)11-13/h3-11,20H,2H2,1H3/b10-9+. The maximum absolute atomic E-state index is 12.0. The second-order valence-electron chi connectivity index (χ2n) is 4.43. The van der Waals surface area contributed by atoms with Gasteiger partial charge in [0.2, 0.25) is 0 Å². The van der Waals surface area contributed by atoms with Crippen molar-refractivity contribution in [2.24, 2.45) is 0 Å². The van der Waals surface area contributed by atoms with Gasteiger partial charge in [-0.25, -0.2) is 0 Å². The third-order valence-corrected chi connectivity index (χ3v) is 3.59. The SMILES string of the molecule is CCOc1ccc(C(=O)/C=C/Nc2ccc(Cl)c(Cl)c2)cc1. The average molecular weight is 336 g/mol. The van der Waals surface area contributed by atoms with Gasteiger partial charge >= 0.3 is 0 Å². The van der Waals surface area contributed by atoms with E-state index in [2.05, 4.69) is 5.32 Å². The van der Waals surface area contributed by atoms with Crippen LogP contribution in [0, 0.1) is 0 Å². The van der Waals surface area contributed by atoms with Gasteiger partial charge in [0, 0.05) is 23.5 Å². The van der Waals surface area contributed by atoms with Crippen LogP contribution in [0.4, 0.5) is 5.69 Å². The van der Waals surface area contributed by atoms with Gasteiger partial charge in [-0.15, -0.1) is 0 Å². The zero-order valence-corrected chi connectivity index (χ0v) is 13.5. The Morgan fingerprint density at radius 3 is 2.50 bits per heavy atom. The van der Waals surface area contributed by atoms with E-state index in [1.807, 2.05) is 6.92 Å². The lowest BCUT2D eigenvalue weighted by Crippen LogP contribution is -1.97. The molecule has 0 unspecified atom stereocenters. The number of benzene rings is 2. The second kappa shape index (κ2) is 7.87. The highest BCUT2D eigenvalue weighted by Gasteiger charge is 2.02. The molecule has 0 saturated heterocycles.